The molecule has 3 N–H and O–H groups in total. The van der Waals surface area contributed by atoms with Gasteiger partial charge in [-0.2, -0.15) is 0 Å². The van der Waals surface area contributed by atoms with Crippen LogP contribution in [-0.4, -0.2) is 17.4 Å². The number of hydrogen-bond acceptors (Lipinski definition) is 3. The van der Waals surface area contributed by atoms with Crippen molar-refractivity contribution >= 4 is 11.8 Å². The molecule has 0 aliphatic heterocycles. The average molecular weight is 253 g/mol. The number of benzene rings is 1. The topological polar surface area (TPSA) is 46.2 Å². The first-order valence-electron chi connectivity index (χ1n) is 6.24. The van der Waals surface area contributed by atoms with Crippen molar-refractivity contribution in [1.29, 1.82) is 0 Å². The van der Waals surface area contributed by atoms with Crippen LogP contribution in [0.1, 0.15) is 38.4 Å². The zero-order valence-corrected chi connectivity index (χ0v) is 11.5. The lowest BCUT2D eigenvalue weighted by molar-refractivity contribution is 0.170. The lowest BCUT2D eigenvalue weighted by Crippen LogP contribution is -2.06. The highest BCUT2D eigenvalue weighted by atomic mass is 32.2. The van der Waals surface area contributed by atoms with Crippen LogP contribution in [0, 0.1) is 5.92 Å². The number of rotatable bonds is 7. The summed E-state index contributed by atoms with van der Waals surface area (Å²) < 4.78 is 0. The summed E-state index contributed by atoms with van der Waals surface area (Å²) in [5, 5.41) is 9.77. The molecule has 0 aliphatic carbocycles. The molecule has 1 aromatic carbocycles. The van der Waals surface area contributed by atoms with Crippen LogP contribution in [0.15, 0.2) is 29.2 Å². The van der Waals surface area contributed by atoms with E-state index in [0.717, 1.165) is 17.2 Å². The third-order valence-corrected chi connectivity index (χ3v) is 3.71. The third-order valence-electron chi connectivity index (χ3n) is 2.67. The van der Waals surface area contributed by atoms with Crippen molar-refractivity contribution in [3.05, 3.63) is 29.8 Å². The first-order valence-corrected chi connectivity index (χ1v) is 7.23. The van der Waals surface area contributed by atoms with Crippen molar-refractivity contribution in [3.63, 3.8) is 0 Å². The van der Waals surface area contributed by atoms with Gasteiger partial charge in [-0.1, -0.05) is 26.0 Å². The van der Waals surface area contributed by atoms with Gasteiger partial charge in [0, 0.05) is 4.90 Å². The molecular formula is C14H23NOS. The molecule has 1 aromatic rings. The summed E-state index contributed by atoms with van der Waals surface area (Å²) in [7, 11) is 0. The summed E-state index contributed by atoms with van der Waals surface area (Å²) in [6.07, 6.45) is 1.44. The average Bonchev–Trinajstić information content (AvgIpc) is 2.30. The molecule has 0 spiro atoms. The van der Waals surface area contributed by atoms with E-state index in [1.54, 1.807) is 0 Å². The van der Waals surface area contributed by atoms with Crippen molar-refractivity contribution in [2.45, 2.75) is 37.7 Å². The van der Waals surface area contributed by atoms with Gasteiger partial charge in [0.25, 0.3) is 0 Å². The molecule has 1 atom stereocenters. The van der Waals surface area contributed by atoms with E-state index in [9.17, 15) is 5.11 Å². The Bertz CT molecular complexity index is 311. The SMILES string of the molecule is CC(C)CCSc1ccc(C(O)CCN)cc1. The van der Waals surface area contributed by atoms with Crippen LogP contribution in [0.3, 0.4) is 0 Å². The Morgan fingerprint density at radius 3 is 2.35 bits per heavy atom. The fourth-order valence-electron chi connectivity index (χ4n) is 1.52. The van der Waals surface area contributed by atoms with Gasteiger partial charge in [0.2, 0.25) is 0 Å². The molecule has 3 heteroatoms. The smallest absolute Gasteiger partial charge is 0.0802 e. The minimum absolute atomic E-state index is 0.422. The quantitative estimate of drug-likeness (QED) is 0.734. The monoisotopic (exact) mass is 253 g/mol. The van der Waals surface area contributed by atoms with E-state index in [1.807, 2.05) is 23.9 Å². The summed E-state index contributed by atoms with van der Waals surface area (Å²) in [5.74, 6) is 1.91. The third kappa shape index (κ3) is 5.57. The Kier molecular flexibility index (Phi) is 6.63. The van der Waals surface area contributed by atoms with Gasteiger partial charge in [-0.25, -0.2) is 0 Å². The summed E-state index contributed by atoms with van der Waals surface area (Å²) in [6.45, 7) is 5.01. The van der Waals surface area contributed by atoms with Crippen molar-refractivity contribution in [2.75, 3.05) is 12.3 Å². The van der Waals surface area contributed by atoms with E-state index in [2.05, 4.69) is 26.0 Å². The molecule has 0 saturated carbocycles. The van der Waals surface area contributed by atoms with Gasteiger partial charge in [-0.3, -0.25) is 0 Å². The normalized spacial score (nSPS) is 13.0. The van der Waals surface area contributed by atoms with Crippen molar-refractivity contribution in [2.24, 2.45) is 11.7 Å². The number of hydrogen-bond donors (Lipinski definition) is 2. The Hall–Kier alpha value is -0.510. The minimum atomic E-state index is -0.422. The Morgan fingerprint density at radius 2 is 1.82 bits per heavy atom. The van der Waals surface area contributed by atoms with Crippen LogP contribution in [0.5, 0.6) is 0 Å². The van der Waals surface area contributed by atoms with E-state index in [0.29, 0.717) is 13.0 Å². The standard InChI is InChI=1S/C14H23NOS/c1-11(2)8-10-17-13-5-3-12(4-6-13)14(16)7-9-15/h3-6,11,14,16H,7-10,15H2,1-2H3. The summed E-state index contributed by atoms with van der Waals surface area (Å²) >= 11 is 1.88. The number of thioether (sulfide) groups is 1. The van der Waals surface area contributed by atoms with Crippen molar-refractivity contribution in [1.82, 2.24) is 0 Å². The maximum Gasteiger partial charge on any atom is 0.0802 e. The zero-order chi connectivity index (χ0) is 12.7. The van der Waals surface area contributed by atoms with Crippen molar-refractivity contribution in [3.8, 4) is 0 Å². The predicted octanol–water partition coefficient (Wildman–Crippen LogP) is 3.21. The van der Waals surface area contributed by atoms with Gasteiger partial charge in [-0.05, 0) is 48.8 Å². The molecule has 2 nitrogen and oxygen atoms in total. The second kappa shape index (κ2) is 7.75. The summed E-state index contributed by atoms with van der Waals surface area (Å²) in [5.41, 5.74) is 6.39. The largest absolute Gasteiger partial charge is 0.388 e. The molecule has 0 radical (unpaired) electrons. The molecular weight excluding hydrogens is 230 g/mol. The summed E-state index contributed by atoms with van der Waals surface area (Å²) in [6, 6.07) is 8.16. The molecule has 0 bridgehead atoms. The predicted molar refractivity (Wildman–Crippen MR) is 75.3 cm³/mol. The van der Waals surface area contributed by atoms with Gasteiger partial charge >= 0.3 is 0 Å². The van der Waals surface area contributed by atoms with E-state index < -0.39 is 6.10 Å². The highest BCUT2D eigenvalue weighted by Crippen LogP contribution is 2.23. The molecule has 0 amide bonds. The second-order valence-electron chi connectivity index (χ2n) is 4.69. The van der Waals surface area contributed by atoms with Gasteiger partial charge in [-0.15, -0.1) is 11.8 Å². The maximum atomic E-state index is 9.77. The highest BCUT2D eigenvalue weighted by Gasteiger charge is 2.05. The lowest BCUT2D eigenvalue weighted by Gasteiger charge is -2.10. The Morgan fingerprint density at radius 1 is 1.18 bits per heavy atom. The molecule has 0 aromatic heterocycles. The molecule has 0 saturated heterocycles. The second-order valence-corrected chi connectivity index (χ2v) is 5.86. The highest BCUT2D eigenvalue weighted by molar-refractivity contribution is 7.99. The van der Waals surface area contributed by atoms with Crippen LogP contribution < -0.4 is 5.73 Å². The van der Waals surface area contributed by atoms with Crippen LogP contribution in [0.4, 0.5) is 0 Å². The Labute approximate surface area is 109 Å². The Balaban J connectivity index is 2.44. The fraction of sp³-hybridized carbons (Fsp3) is 0.571. The fourth-order valence-corrected chi connectivity index (χ4v) is 2.68. The molecule has 0 heterocycles. The van der Waals surface area contributed by atoms with Crippen LogP contribution in [-0.2, 0) is 0 Å². The van der Waals surface area contributed by atoms with Crippen LogP contribution >= 0.6 is 11.8 Å². The number of aliphatic hydroxyl groups is 1. The molecule has 0 aliphatic rings. The van der Waals surface area contributed by atoms with E-state index in [1.165, 1.54) is 11.3 Å². The van der Waals surface area contributed by atoms with E-state index in [-0.39, 0.29) is 0 Å². The van der Waals surface area contributed by atoms with Gasteiger partial charge in [0.1, 0.15) is 0 Å². The molecule has 17 heavy (non-hydrogen) atoms. The van der Waals surface area contributed by atoms with Gasteiger partial charge in [0.15, 0.2) is 0 Å². The first kappa shape index (κ1) is 14.6. The van der Waals surface area contributed by atoms with Gasteiger partial charge in [0.05, 0.1) is 6.10 Å². The van der Waals surface area contributed by atoms with Crippen LogP contribution in [0.25, 0.3) is 0 Å². The molecule has 1 rings (SSSR count). The van der Waals surface area contributed by atoms with Gasteiger partial charge < -0.3 is 10.8 Å². The first-order chi connectivity index (χ1) is 8.13. The lowest BCUT2D eigenvalue weighted by atomic mass is 10.1. The molecule has 96 valence electrons. The zero-order valence-electron chi connectivity index (χ0n) is 10.7. The van der Waals surface area contributed by atoms with Crippen molar-refractivity contribution < 1.29 is 5.11 Å². The minimum Gasteiger partial charge on any atom is -0.388 e. The number of nitrogens with two attached hydrogens (primary N) is 1. The summed E-state index contributed by atoms with van der Waals surface area (Å²) in [4.78, 5) is 1.27. The van der Waals surface area contributed by atoms with E-state index in [4.69, 9.17) is 5.73 Å². The van der Waals surface area contributed by atoms with E-state index >= 15 is 0 Å². The van der Waals surface area contributed by atoms with Crippen LogP contribution in [0.2, 0.25) is 0 Å². The molecule has 1 unspecified atom stereocenters. The maximum absolute atomic E-state index is 9.77. The molecule has 0 fully saturated rings. The number of aliphatic hydroxyl groups excluding tert-OH is 1.